The van der Waals surface area contributed by atoms with Crippen LogP contribution in [0.4, 0.5) is 5.69 Å². The molecule has 5 nitrogen and oxygen atoms in total. The number of hydrogen-bond acceptors (Lipinski definition) is 4. The van der Waals surface area contributed by atoms with Crippen molar-refractivity contribution in [2.75, 3.05) is 16.0 Å². The molecule has 1 aromatic carbocycles. The monoisotopic (exact) mass is 323 g/mol. The molecule has 0 aliphatic rings. The normalized spacial score (nSPS) is 11.2. The molecule has 0 bridgehead atoms. The van der Waals surface area contributed by atoms with Gasteiger partial charge in [-0.05, 0) is 25.1 Å². The highest BCUT2D eigenvalue weighted by molar-refractivity contribution is 9.10. The second-order valence-corrected chi connectivity index (χ2v) is 6.26. The summed E-state index contributed by atoms with van der Waals surface area (Å²) in [7, 11) is -3.38. The van der Waals surface area contributed by atoms with Gasteiger partial charge >= 0.3 is 0 Å². The van der Waals surface area contributed by atoms with E-state index in [1.807, 2.05) is 6.92 Å². The molecule has 0 saturated carbocycles. The van der Waals surface area contributed by atoms with Crippen LogP contribution in [0.15, 0.2) is 18.2 Å². The van der Waals surface area contributed by atoms with E-state index in [1.165, 1.54) is 0 Å². The summed E-state index contributed by atoms with van der Waals surface area (Å²) in [5.74, 6) is 0.553. The Bertz CT molecular complexity index is 475. The minimum atomic E-state index is -3.38. The van der Waals surface area contributed by atoms with Gasteiger partial charge in [0, 0.05) is 11.3 Å². The van der Waals surface area contributed by atoms with Gasteiger partial charge in [-0.1, -0.05) is 15.9 Å². The Labute approximate surface area is 109 Å². The van der Waals surface area contributed by atoms with E-state index in [0.717, 1.165) is 0 Å². The minimum Gasteiger partial charge on any atom is -0.494 e. The standard InChI is InChI=1S/C10H14BrNO4S/c1-2-16-10-4-3-9(5-8(10)6-13)12-17(14,15)7-11/h3-5,12-13H,2,6-7H2,1H3. The Kier molecular flexibility index (Phi) is 5.23. The Hall–Kier alpha value is -0.790. The lowest BCUT2D eigenvalue weighted by Crippen LogP contribution is -2.13. The highest BCUT2D eigenvalue weighted by Gasteiger charge is 2.10. The van der Waals surface area contributed by atoms with Crippen molar-refractivity contribution in [2.45, 2.75) is 13.5 Å². The van der Waals surface area contributed by atoms with E-state index in [2.05, 4.69) is 20.7 Å². The lowest BCUT2D eigenvalue weighted by atomic mass is 10.2. The van der Waals surface area contributed by atoms with Crippen LogP contribution in [0.5, 0.6) is 5.75 Å². The molecule has 0 aliphatic heterocycles. The highest BCUT2D eigenvalue weighted by Crippen LogP contribution is 2.23. The number of nitrogens with one attached hydrogen (secondary N) is 1. The van der Waals surface area contributed by atoms with Crippen LogP contribution in [0.3, 0.4) is 0 Å². The van der Waals surface area contributed by atoms with Crippen molar-refractivity contribution < 1.29 is 18.3 Å². The maximum absolute atomic E-state index is 11.3. The first-order chi connectivity index (χ1) is 8.02. The summed E-state index contributed by atoms with van der Waals surface area (Å²) in [6.07, 6.45) is 0. The van der Waals surface area contributed by atoms with Crippen LogP contribution in [0.2, 0.25) is 0 Å². The lowest BCUT2D eigenvalue weighted by molar-refractivity contribution is 0.267. The van der Waals surface area contributed by atoms with Gasteiger partial charge in [0.25, 0.3) is 0 Å². The average Bonchev–Trinajstić information content (AvgIpc) is 2.31. The molecule has 1 aromatic rings. The molecule has 96 valence electrons. The third-order valence-corrected chi connectivity index (χ3v) is 4.59. The van der Waals surface area contributed by atoms with Gasteiger partial charge in [0.1, 0.15) is 10.4 Å². The van der Waals surface area contributed by atoms with Crippen LogP contribution < -0.4 is 9.46 Å². The van der Waals surface area contributed by atoms with Crippen LogP contribution in [-0.2, 0) is 16.6 Å². The molecule has 7 heteroatoms. The molecule has 0 radical (unpaired) electrons. The molecule has 0 heterocycles. The molecule has 17 heavy (non-hydrogen) atoms. The van der Waals surface area contributed by atoms with Gasteiger partial charge in [-0.3, -0.25) is 4.72 Å². The minimum absolute atomic E-state index is 0.179. The fourth-order valence-corrected chi connectivity index (χ4v) is 2.15. The lowest BCUT2D eigenvalue weighted by Gasteiger charge is -2.11. The topological polar surface area (TPSA) is 75.6 Å². The second kappa shape index (κ2) is 6.23. The predicted molar refractivity (Wildman–Crippen MR) is 69.9 cm³/mol. The number of sulfonamides is 1. The number of anilines is 1. The van der Waals surface area contributed by atoms with Gasteiger partial charge in [0.15, 0.2) is 0 Å². The maximum Gasteiger partial charge on any atom is 0.242 e. The molecule has 0 aliphatic carbocycles. The molecule has 0 atom stereocenters. The predicted octanol–water partition coefficient (Wildman–Crippen LogP) is 1.67. The van der Waals surface area contributed by atoms with Crippen molar-refractivity contribution in [3.63, 3.8) is 0 Å². The van der Waals surface area contributed by atoms with Crippen LogP contribution >= 0.6 is 15.9 Å². The largest absolute Gasteiger partial charge is 0.494 e. The summed E-state index contributed by atoms with van der Waals surface area (Å²) in [6, 6.07) is 4.76. The number of hydrogen-bond donors (Lipinski definition) is 2. The summed E-state index contributed by atoms with van der Waals surface area (Å²) < 4.78 is 30.1. The number of aliphatic hydroxyl groups excluding tert-OH is 1. The summed E-state index contributed by atoms with van der Waals surface area (Å²) in [6.45, 7) is 2.11. The first-order valence-electron chi connectivity index (χ1n) is 4.95. The number of benzene rings is 1. The smallest absolute Gasteiger partial charge is 0.242 e. The molecule has 1 rings (SSSR count). The van der Waals surface area contributed by atoms with E-state index in [4.69, 9.17) is 9.84 Å². The van der Waals surface area contributed by atoms with Gasteiger partial charge in [0.2, 0.25) is 10.0 Å². The summed E-state index contributed by atoms with van der Waals surface area (Å²) >= 11 is 2.88. The van der Waals surface area contributed by atoms with E-state index in [-0.39, 0.29) is 11.3 Å². The number of ether oxygens (including phenoxy) is 1. The Morgan fingerprint density at radius 1 is 1.47 bits per heavy atom. The first kappa shape index (κ1) is 14.3. The quantitative estimate of drug-likeness (QED) is 0.781. The van der Waals surface area contributed by atoms with E-state index >= 15 is 0 Å². The van der Waals surface area contributed by atoms with E-state index in [9.17, 15) is 8.42 Å². The summed E-state index contributed by atoms with van der Waals surface area (Å²) in [5.41, 5.74) is 0.943. The van der Waals surface area contributed by atoms with E-state index in [0.29, 0.717) is 23.6 Å². The average molecular weight is 324 g/mol. The Balaban J connectivity index is 2.97. The number of rotatable bonds is 6. The van der Waals surface area contributed by atoms with Crippen molar-refractivity contribution >= 4 is 31.6 Å². The number of alkyl halides is 1. The van der Waals surface area contributed by atoms with E-state index < -0.39 is 10.0 Å². The fraction of sp³-hybridized carbons (Fsp3) is 0.400. The van der Waals surface area contributed by atoms with Crippen molar-refractivity contribution in [3.8, 4) is 5.75 Å². The van der Waals surface area contributed by atoms with Gasteiger partial charge in [0.05, 0.1) is 13.2 Å². The molecular formula is C10H14BrNO4S. The van der Waals surface area contributed by atoms with Crippen LogP contribution in [-0.4, -0.2) is 24.8 Å². The van der Waals surface area contributed by atoms with Crippen LogP contribution in [0.1, 0.15) is 12.5 Å². The highest BCUT2D eigenvalue weighted by atomic mass is 79.9. The van der Waals surface area contributed by atoms with Crippen molar-refractivity contribution in [1.29, 1.82) is 0 Å². The maximum atomic E-state index is 11.3. The fourth-order valence-electron chi connectivity index (χ4n) is 1.27. The van der Waals surface area contributed by atoms with Gasteiger partial charge in [-0.15, -0.1) is 0 Å². The van der Waals surface area contributed by atoms with E-state index in [1.54, 1.807) is 18.2 Å². The Morgan fingerprint density at radius 2 is 2.18 bits per heavy atom. The molecule has 0 unspecified atom stereocenters. The number of aliphatic hydroxyl groups is 1. The molecule has 0 aromatic heterocycles. The molecular weight excluding hydrogens is 310 g/mol. The molecule has 0 amide bonds. The summed E-state index contributed by atoms with van der Waals surface area (Å²) in [4.78, 5) is 0. The zero-order valence-corrected chi connectivity index (χ0v) is 11.7. The molecule has 0 fully saturated rings. The molecule has 2 N–H and O–H groups in total. The van der Waals surface area contributed by atoms with Gasteiger partial charge < -0.3 is 9.84 Å². The number of halogens is 1. The molecule has 0 spiro atoms. The summed E-state index contributed by atoms with van der Waals surface area (Å²) in [5, 5.41) is 9.16. The van der Waals surface area contributed by atoms with Gasteiger partial charge in [-0.25, -0.2) is 8.42 Å². The van der Waals surface area contributed by atoms with Crippen molar-refractivity contribution in [1.82, 2.24) is 0 Å². The Morgan fingerprint density at radius 3 is 2.71 bits per heavy atom. The zero-order valence-electron chi connectivity index (χ0n) is 9.31. The SMILES string of the molecule is CCOc1ccc(NS(=O)(=O)CBr)cc1CO. The van der Waals surface area contributed by atoms with Crippen molar-refractivity contribution in [3.05, 3.63) is 23.8 Å². The van der Waals surface area contributed by atoms with Gasteiger partial charge in [-0.2, -0.15) is 0 Å². The third-order valence-electron chi connectivity index (χ3n) is 1.95. The molecule has 0 saturated heterocycles. The van der Waals surface area contributed by atoms with Crippen LogP contribution in [0.25, 0.3) is 0 Å². The second-order valence-electron chi connectivity index (χ2n) is 3.24. The zero-order chi connectivity index (χ0) is 12.9. The first-order valence-corrected chi connectivity index (χ1v) is 7.72. The third kappa shape index (κ3) is 4.18. The van der Waals surface area contributed by atoms with Crippen molar-refractivity contribution in [2.24, 2.45) is 0 Å². The van der Waals surface area contributed by atoms with Crippen LogP contribution in [0, 0.1) is 0 Å².